The number of nitrogens with one attached hydrogen (secondary N) is 1. The van der Waals surface area contributed by atoms with Crippen molar-refractivity contribution in [2.24, 2.45) is 0 Å². The average Bonchev–Trinajstić information content (AvgIpc) is 2.52. The van der Waals surface area contributed by atoms with Gasteiger partial charge in [-0.2, -0.15) is 0 Å². The van der Waals surface area contributed by atoms with E-state index in [0.717, 1.165) is 19.6 Å². The Bertz CT molecular complexity index is 346. The molecular weight excluding hydrogens is 246 g/mol. The van der Waals surface area contributed by atoms with Crippen molar-refractivity contribution in [3.05, 3.63) is 35.9 Å². The minimum absolute atomic E-state index is 0.485. The van der Waals surface area contributed by atoms with Gasteiger partial charge in [0.25, 0.3) is 0 Å². The van der Waals surface area contributed by atoms with Gasteiger partial charge in [0.1, 0.15) is 0 Å². The molecule has 1 heterocycles. The number of hydrogen-bond donors (Lipinski definition) is 1. The summed E-state index contributed by atoms with van der Waals surface area (Å²) in [4.78, 5) is 0. The van der Waals surface area contributed by atoms with Crippen LogP contribution in [0.25, 0.3) is 0 Å². The zero-order chi connectivity index (χ0) is 14.0. The van der Waals surface area contributed by atoms with E-state index < -0.39 is 0 Å². The number of hydrogen-bond acceptors (Lipinski definition) is 2. The molecule has 2 rings (SSSR count). The highest BCUT2D eigenvalue weighted by Gasteiger charge is 2.15. The Morgan fingerprint density at radius 2 is 2.10 bits per heavy atom. The summed E-state index contributed by atoms with van der Waals surface area (Å²) < 4.78 is 5.81. The van der Waals surface area contributed by atoms with Crippen LogP contribution in [-0.2, 0) is 4.74 Å². The van der Waals surface area contributed by atoms with Crippen LogP contribution in [0.1, 0.15) is 63.5 Å². The Balaban J connectivity index is 1.78. The van der Waals surface area contributed by atoms with Gasteiger partial charge in [-0.05, 0) is 44.2 Å². The Labute approximate surface area is 123 Å². The summed E-state index contributed by atoms with van der Waals surface area (Å²) in [5.74, 6) is 0. The Morgan fingerprint density at radius 1 is 1.25 bits per heavy atom. The first-order chi connectivity index (χ1) is 9.90. The van der Waals surface area contributed by atoms with Crippen molar-refractivity contribution in [3.8, 4) is 0 Å². The van der Waals surface area contributed by atoms with E-state index in [9.17, 15) is 0 Å². The predicted molar refractivity (Wildman–Crippen MR) is 84.9 cm³/mol. The second kappa shape index (κ2) is 9.15. The summed E-state index contributed by atoms with van der Waals surface area (Å²) in [5, 5.41) is 3.74. The van der Waals surface area contributed by atoms with E-state index in [1.54, 1.807) is 0 Å². The Hall–Kier alpha value is -0.860. The molecule has 0 radical (unpaired) electrons. The van der Waals surface area contributed by atoms with Gasteiger partial charge in [0, 0.05) is 12.6 Å². The highest BCUT2D eigenvalue weighted by atomic mass is 16.5. The summed E-state index contributed by atoms with van der Waals surface area (Å²) in [7, 11) is 0. The maximum absolute atomic E-state index is 5.81. The van der Waals surface area contributed by atoms with Gasteiger partial charge in [-0.1, -0.05) is 50.1 Å². The Morgan fingerprint density at radius 3 is 2.80 bits per heavy atom. The fourth-order valence-electron chi connectivity index (χ4n) is 2.93. The highest BCUT2D eigenvalue weighted by Crippen LogP contribution is 2.20. The van der Waals surface area contributed by atoms with Gasteiger partial charge in [-0.25, -0.2) is 0 Å². The molecule has 1 saturated heterocycles. The van der Waals surface area contributed by atoms with Crippen molar-refractivity contribution in [3.63, 3.8) is 0 Å². The minimum Gasteiger partial charge on any atom is -0.378 e. The van der Waals surface area contributed by atoms with E-state index in [1.807, 2.05) is 0 Å². The molecule has 0 bridgehead atoms. The first-order valence-electron chi connectivity index (χ1n) is 8.30. The number of rotatable bonds is 8. The zero-order valence-corrected chi connectivity index (χ0v) is 12.8. The second-order valence-electron chi connectivity index (χ2n) is 5.84. The van der Waals surface area contributed by atoms with Crippen LogP contribution in [0, 0.1) is 0 Å². The van der Waals surface area contributed by atoms with E-state index in [1.165, 1.54) is 44.1 Å². The summed E-state index contributed by atoms with van der Waals surface area (Å²) in [6, 6.07) is 11.4. The van der Waals surface area contributed by atoms with E-state index in [2.05, 4.69) is 42.6 Å². The normalized spacial score (nSPS) is 20.8. The van der Waals surface area contributed by atoms with E-state index >= 15 is 0 Å². The lowest BCUT2D eigenvalue weighted by Gasteiger charge is -2.24. The van der Waals surface area contributed by atoms with Crippen molar-refractivity contribution in [2.75, 3.05) is 13.2 Å². The van der Waals surface area contributed by atoms with Gasteiger partial charge in [0.15, 0.2) is 0 Å². The topological polar surface area (TPSA) is 21.3 Å². The average molecular weight is 275 g/mol. The molecule has 2 atom stereocenters. The molecule has 1 aromatic rings. The van der Waals surface area contributed by atoms with Gasteiger partial charge in [0.2, 0.25) is 0 Å². The van der Waals surface area contributed by atoms with Crippen LogP contribution in [0.4, 0.5) is 0 Å². The molecule has 1 aromatic carbocycles. The summed E-state index contributed by atoms with van der Waals surface area (Å²) in [6.45, 7) is 4.29. The largest absolute Gasteiger partial charge is 0.378 e. The fraction of sp³-hybridized carbons (Fsp3) is 0.667. The lowest BCUT2D eigenvalue weighted by Crippen LogP contribution is -2.28. The van der Waals surface area contributed by atoms with E-state index in [4.69, 9.17) is 4.74 Å². The lowest BCUT2D eigenvalue weighted by atomic mass is 10.0. The van der Waals surface area contributed by atoms with Gasteiger partial charge >= 0.3 is 0 Å². The summed E-state index contributed by atoms with van der Waals surface area (Å²) >= 11 is 0. The lowest BCUT2D eigenvalue weighted by molar-refractivity contribution is 0.0111. The van der Waals surface area contributed by atoms with Crippen LogP contribution < -0.4 is 5.32 Å². The van der Waals surface area contributed by atoms with Crippen molar-refractivity contribution in [2.45, 2.75) is 64.0 Å². The molecule has 2 heteroatoms. The third kappa shape index (κ3) is 5.26. The number of unbranched alkanes of at least 4 members (excludes halogenated alkanes) is 1. The van der Waals surface area contributed by atoms with Crippen LogP contribution in [0.3, 0.4) is 0 Å². The smallest absolute Gasteiger partial charge is 0.0587 e. The number of benzene rings is 1. The molecule has 1 fully saturated rings. The van der Waals surface area contributed by atoms with E-state index in [0.29, 0.717) is 12.1 Å². The first kappa shape index (κ1) is 15.5. The summed E-state index contributed by atoms with van der Waals surface area (Å²) in [5.41, 5.74) is 1.42. The molecule has 0 aromatic heterocycles. The molecule has 1 aliphatic rings. The molecule has 2 nitrogen and oxygen atoms in total. The third-order valence-electron chi connectivity index (χ3n) is 4.18. The fourth-order valence-corrected chi connectivity index (χ4v) is 2.93. The van der Waals surface area contributed by atoms with Crippen LogP contribution in [0.2, 0.25) is 0 Å². The van der Waals surface area contributed by atoms with Crippen molar-refractivity contribution < 1.29 is 4.74 Å². The zero-order valence-electron chi connectivity index (χ0n) is 12.8. The molecule has 1 aliphatic heterocycles. The molecule has 2 unspecified atom stereocenters. The van der Waals surface area contributed by atoms with Gasteiger partial charge in [-0.15, -0.1) is 0 Å². The molecule has 0 spiro atoms. The van der Waals surface area contributed by atoms with Crippen LogP contribution in [0.15, 0.2) is 30.3 Å². The minimum atomic E-state index is 0.485. The van der Waals surface area contributed by atoms with E-state index in [-0.39, 0.29) is 0 Å². The van der Waals surface area contributed by atoms with Crippen molar-refractivity contribution >= 4 is 0 Å². The Kier molecular flexibility index (Phi) is 7.10. The second-order valence-corrected chi connectivity index (χ2v) is 5.84. The first-order valence-corrected chi connectivity index (χ1v) is 8.30. The quantitative estimate of drug-likeness (QED) is 0.756. The van der Waals surface area contributed by atoms with Crippen molar-refractivity contribution in [1.82, 2.24) is 5.32 Å². The molecule has 1 N–H and O–H groups in total. The van der Waals surface area contributed by atoms with Gasteiger partial charge in [0.05, 0.1) is 6.10 Å². The summed E-state index contributed by atoms with van der Waals surface area (Å²) in [6.07, 6.45) is 9.23. The predicted octanol–water partition coefficient (Wildman–Crippen LogP) is 4.47. The van der Waals surface area contributed by atoms with Gasteiger partial charge < -0.3 is 10.1 Å². The highest BCUT2D eigenvalue weighted by molar-refractivity contribution is 5.18. The van der Waals surface area contributed by atoms with Crippen LogP contribution in [0.5, 0.6) is 0 Å². The molecule has 112 valence electrons. The molecule has 0 aliphatic carbocycles. The molecular formula is C18H29NO. The van der Waals surface area contributed by atoms with Crippen LogP contribution >= 0.6 is 0 Å². The monoisotopic (exact) mass is 275 g/mol. The molecule has 20 heavy (non-hydrogen) atoms. The standard InChI is InChI=1S/C18H29NO/c1-2-3-12-18(16-9-5-4-6-10-16)19-14-13-17-11-7-8-15-20-17/h4-6,9-10,17-19H,2-3,7-8,11-15H2,1H3. The maximum atomic E-state index is 5.81. The van der Waals surface area contributed by atoms with Gasteiger partial charge in [-0.3, -0.25) is 0 Å². The maximum Gasteiger partial charge on any atom is 0.0587 e. The molecule has 0 amide bonds. The SMILES string of the molecule is CCCCC(NCCC1CCCCO1)c1ccccc1. The van der Waals surface area contributed by atoms with Crippen LogP contribution in [-0.4, -0.2) is 19.3 Å². The number of ether oxygens (including phenoxy) is 1. The van der Waals surface area contributed by atoms with Crippen molar-refractivity contribution in [1.29, 1.82) is 0 Å². The third-order valence-corrected chi connectivity index (χ3v) is 4.18. The molecule has 0 saturated carbocycles.